The van der Waals surface area contributed by atoms with E-state index in [1.165, 1.54) is 10.4 Å². The van der Waals surface area contributed by atoms with Crippen LogP contribution < -0.4 is 10.5 Å². The van der Waals surface area contributed by atoms with Crippen LogP contribution in [0.3, 0.4) is 0 Å². The normalized spacial score (nSPS) is 12.7. The van der Waals surface area contributed by atoms with Crippen molar-refractivity contribution in [2.45, 2.75) is 25.9 Å². The van der Waals surface area contributed by atoms with Crippen molar-refractivity contribution in [3.63, 3.8) is 0 Å². The highest BCUT2D eigenvalue weighted by Crippen LogP contribution is 2.31. The number of rotatable bonds is 5. The third-order valence-electron chi connectivity index (χ3n) is 2.88. The molecule has 1 unspecified atom stereocenters. The van der Waals surface area contributed by atoms with Crippen LogP contribution in [0.15, 0.2) is 41.8 Å². The average Bonchev–Trinajstić information content (AvgIpc) is 2.90. The van der Waals surface area contributed by atoms with E-state index in [4.69, 9.17) is 10.5 Å². The van der Waals surface area contributed by atoms with Crippen molar-refractivity contribution in [1.82, 2.24) is 0 Å². The van der Waals surface area contributed by atoms with Gasteiger partial charge in [0.2, 0.25) is 0 Å². The summed E-state index contributed by atoms with van der Waals surface area (Å²) in [6.45, 7) is 4.84. The lowest BCUT2D eigenvalue weighted by atomic mass is 10.0. The molecule has 0 aliphatic carbocycles. The second kappa shape index (κ2) is 6.03. The van der Waals surface area contributed by atoms with Gasteiger partial charge in [-0.1, -0.05) is 38.1 Å². The fourth-order valence-electron chi connectivity index (χ4n) is 1.91. The zero-order chi connectivity index (χ0) is 13.0. The molecule has 1 heterocycles. The maximum Gasteiger partial charge on any atom is 0.145 e. The van der Waals surface area contributed by atoms with Gasteiger partial charge in [0.15, 0.2) is 0 Å². The molecule has 0 radical (unpaired) electrons. The number of hydrogen-bond donors (Lipinski definition) is 1. The van der Waals surface area contributed by atoms with Gasteiger partial charge in [0, 0.05) is 11.4 Å². The lowest BCUT2D eigenvalue weighted by molar-refractivity contribution is 0.215. The Kier molecular flexibility index (Phi) is 4.39. The molecule has 2 rings (SSSR count). The first kappa shape index (κ1) is 13.1. The van der Waals surface area contributed by atoms with Crippen LogP contribution in [0.4, 0.5) is 0 Å². The zero-order valence-electron chi connectivity index (χ0n) is 10.8. The van der Waals surface area contributed by atoms with Gasteiger partial charge >= 0.3 is 0 Å². The lowest BCUT2D eigenvalue weighted by Gasteiger charge is -2.20. The first-order valence-electron chi connectivity index (χ1n) is 6.21. The van der Waals surface area contributed by atoms with Crippen molar-refractivity contribution in [3.8, 4) is 5.75 Å². The van der Waals surface area contributed by atoms with Crippen molar-refractivity contribution < 1.29 is 4.74 Å². The van der Waals surface area contributed by atoms with E-state index in [1.54, 1.807) is 11.3 Å². The first-order valence-corrected chi connectivity index (χ1v) is 7.09. The van der Waals surface area contributed by atoms with Crippen molar-refractivity contribution in [2.75, 3.05) is 6.54 Å². The molecule has 3 heteroatoms. The lowest BCUT2D eigenvalue weighted by Crippen LogP contribution is -2.18. The summed E-state index contributed by atoms with van der Waals surface area (Å²) in [7, 11) is 0. The number of nitrogens with two attached hydrogens (primary N) is 1. The molecule has 0 amide bonds. The standard InChI is InChI=1S/C15H19NOS/c1-11(2)12-6-3-4-7-13(12)17-14(10-16)15-8-5-9-18-15/h3-9,11,14H,10,16H2,1-2H3. The molecule has 18 heavy (non-hydrogen) atoms. The van der Waals surface area contributed by atoms with Gasteiger partial charge in [-0.05, 0) is 29.0 Å². The van der Waals surface area contributed by atoms with Gasteiger partial charge in [0.05, 0.1) is 0 Å². The molecule has 1 aromatic carbocycles. The minimum absolute atomic E-state index is 0.0510. The van der Waals surface area contributed by atoms with E-state index in [-0.39, 0.29) is 6.10 Å². The highest BCUT2D eigenvalue weighted by molar-refractivity contribution is 7.10. The largest absolute Gasteiger partial charge is 0.483 e. The number of hydrogen-bond acceptors (Lipinski definition) is 3. The Balaban J connectivity index is 2.22. The summed E-state index contributed by atoms with van der Waals surface area (Å²) in [4.78, 5) is 1.18. The molecule has 0 saturated carbocycles. The maximum absolute atomic E-state index is 6.09. The summed E-state index contributed by atoms with van der Waals surface area (Å²) < 4.78 is 6.09. The van der Waals surface area contributed by atoms with Crippen molar-refractivity contribution in [3.05, 3.63) is 52.2 Å². The van der Waals surface area contributed by atoms with Crippen LogP contribution in [0.25, 0.3) is 0 Å². The number of para-hydroxylation sites is 1. The molecular formula is C15H19NOS. The number of ether oxygens (including phenoxy) is 1. The summed E-state index contributed by atoms with van der Waals surface area (Å²) in [6, 6.07) is 12.3. The van der Waals surface area contributed by atoms with Gasteiger partial charge in [-0.2, -0.15) is 0 Å². The zero-order valence-corrected chi connectivity index (χ0v) is 11.6. The Morgan fingerprint density at radius 2 is 1.94 bits per heavy atom. The number of benzene rings is 1. The van der Waals surface area contributed by atoms with E-state index in [0.717, 1.165) is 5.75 Å². The van der Waals surface area contributed by atoms with E-state index < -0.39 is 0 Å². The van der Waals surface area contributed by atoms with E-state index in [9.17, 15) is 0 Å². The van der Waals surface area contributed by atoms with Crippen LogP contribution in [0.1, 0.15) is 36.3 Å². The average molecular weight is 261 g/mol. The summed E-state index contributed by atoms with van der Waals surface area (Å²) in [6.07, 6.45) is -0.0510. The van der Waals surface area contributed by atoms with Crippen LogP contribution in [0.2, 0.25) is 0 Å². The summed E-state index contributed by atoms with van der Waals surface area (Å²) in [5, 5.41) is 2.05. The molecule has 96 valence electrons. The molecule has 1 atom stereocenters. The smallest absolute Gasteiger partial charge is 0.145 e. The molecule has 1 aromatic heterocycles. The molecule has 0 aliphatic rings. The third-order valence-corrected chi connectivity index (χ3v) is 3.85. The SMILES string of the molecule is CC(C)c1ccccc1OC(CN)c1cccs1. The monoisotopic (exact) mass is 261 g/mol. The molecular weight excluding hydrogens is 242 g/mol. The second-order valence-electron chi connectivity index (χ2n) is 4.55. The molecule has 0 aliphatic heterocycles. The summed E-state index contributed by atoms with van der Waals surface area (Å²) in [5.74, 6) is 1.39. The van der Waals surface area contributed by atoms with Crippen molar-refractivity contribution in [1.29, 1.82) is 0 Å². The Hall–Kier alpha value is -1.32. The fourth-order valence-corrected chi connectivity index (χ4v) is 2.68. The second-order valence-corrected chi connectivity index (χ2v) is 5.53. The van der Waals surface area contributed by atoms with Gasteiger partial charge in [-0.15, -0.1) is 11.3 Å². The Bertz CT molecular complexity index is 479. The van der Waals surface area contributed by atoms with E-state index in [1.807, 2.05) is 24.3 Å². The van der Waals surface area contributed by atoms with Crippen molar-refractivity contribution in [2.24, 2.45) is 5.73 Å². The van der Waals surface area contributed by atoms with Crippen LogP contribution >= 0.6 is 11.3 Å². The van der Waals surface area contributed by atoms with Gasteiger partial charge in [0.25, 0.3) is 0 Å². The predicted octanol–water partition coefficient (Wildman–Crippen LogP) is 3.95. The van der Waals surface area contributed by atoms with E-state index in [0.29, 0.717) is 12.5 Å². The van der Waals surface area contributed by atoms with Gasteiger partial charge in [-0.3, -0.25) is 0 Å². The highest BCUT2D eigenvalue weighted by Gasteiger charge is 2.15. The van der Waals surface area contributed by atoms with Crippen LogP contribution in [-0.4, -0.2) is 6.54 Å². The van der Waals surface area contributed by atoms with Crippen molar-refractivity contribution >= 4 is 11.3 Å². The summed E-state index contributed by atoms with van der Waals surface area (Å²) in [5.41, 5.74) is 7.05. The Labute approximate surface area is 112 Å². The van der Waals surface area contributed by atoms with Crippen LogP contribution in [-0.2, 0) is 0 Å². The first-order chi connectivity index (χ1) is 8.72. The predicted molar refractivity (Wildman–Crippen MR) is 77.3 cm³/mol. The van der Waals surface area contributed by atoms with Crippen LogP contribution in [0.5, 0.6) is 5.75 Å². The van der Waals surface area contributed by atoms with Gasteiger partial charge in [0.1, 0.15) is 11.9 Å². The van der Waals surface area contributed by atoms with E-state index in [2.05, 4.69) is 31.4 Å². The molecule has 0 fully saturated rings. The molecule has 2 nitrogen and oxygen atoms in total. The topological polar surface area (TPSA) is 35.2 Å². The minimum Gasteiger partial charge on any atom is -0.483 e. The maximum atomic E-state index is 6.09. The summed E-state index contributed by atoms with van der Waals surface area (Å²) >= 11 is 1.68. The molecule has 0 spiro atoms. The van der Waals surface area contributed by atoms with Gasteiger partial charge in [-0.25, -0.2) is 0 Å². The molecule has 0 saturated heterocycles. The molecule has 2 aromatic rings. The minimum atomic E-state index is -0.0510. The molecule has 0 bridgehead atoms. The Morgan fingerprint density at radius 3 is 2.56 bits per heavy atom. The molecule has 2 N–H and O–H groups in total. The number of thiophene rings is 1. The Morgan fingerprint density at radius 1 is 1.17 bits per heavy atom. The quantitative estimate of drug-likeness (QED) is 0.884. The van der Waals surface area contributed by atoms with E-state index >= 15 is 0 Å². The fraction of sp³-hybridized carbons (Fsp3) is 0.333. The van der Waals surface area contributed by atoms with Crippen LogP contribution in [0, 0.1) is 0 Å². The van der Waals surface area contributed by atoms with Gasteiger partial charge < -0.3 is 10.5 Å². The third kappa shape index (κ3) is 2.92. The highest BCUT2D eigenvalue weighted by atomic mass is 32.1.